The molecule has 9 heteroatoms. The Morgan fingerprint density at radius 2 is 1.12 bits per heavy atom. The molecule has 292 valence electrons. The van der Waals surface area contributed by atoms with Crippen molar-refractivity contribution in [2.24, 2.45) is 5.73 Å². The Kier molecular flexibility index (Phi) is 36.1. The van der Waals surface area contributed by atoms with Gasteiger partial charge in [-0.25, -0.2) is 4.57 Å². The van der Waals surface area contributed by atoms with Crippen molar-refractivity contribution in [1.29, 1.82) is 0 Å². The predicted molar refractivity (Wildman–Crippen MR) is 212 cm³/mol. The molecule has 0 aliphatic rings. The molecule has 0 spiro atoms. The highest BCUT2D eigenvalue weighted by molar-refractivity contribution is 7.47. The standard InChI is InChI=1S/C41H77N2O6P/c1-3-5-7-9-11-13-15-17-18-19-20-21-22-23-25-27-29-31-33-35-41(45)43-39(38-49-50(46,47)48-37-36-42)40(44)34-32-30-28-26-24-16-14-12-10-8-6-4-2/h11,13,17-18,24,26,32,34,39-40,44H,3-10,12,14-16,19-23,25,27-31,33,35-38,42H2,1-2H3,(H,43,45)(H,46,47)/b13-11-,18-17-,26-24+,34-32+. The SMILES string of the molecule is CCCCC/C=C\C/C=C\CCCCCCCCCCCC(=O)NC(COP(=O)(O)OCCN)C(O)/C=C/CC/C=C/CCCCCCCC. The molecule has 0 saturated heterocycles. The molecule has 0 heterocycles. The zero-order chi connectivity index (χ0) is 36.8. The van der Waals surface area contributed by atoms with Crippen LogP contribution in [0.25, 0.3) is 0 Å². The number of aliphatic hydroxyl groups excluding tert-OH is 1. The Balaban J connectivity index is 4.26. The normalized spacial score (nSPS) is 14.7. The third-order valence-corrected chi connectivity index (χ3v) is 9.61. The monoisotopic (exact) mass is 725 g/mol. The zero-order valence-corrected chi connectivity index (χ0v) is 33.0. The molecule has 0 saturated carbocycles. The number of phosphoric acid groups is 1. The summed E-state index contributed by atoms with van der Waals surface area (Å²) < 4.78 is 22.0. The molecule has 0 radical (unpaired) electrons. The number of amides is 1. The second-order valence-corrected chi connectivity index (χ2v) is 14.9. The van der Waals surface area contributed by atoms with E-state index in [-0.39, 0.29) is 25.7 Å². The van der Waals surface area contributed by atoms with Gasteiger partial charge in [0.1, 0.15) is 0 Å². The number of unbranched alkanes of at least 4 members (excludes halogenated alkanes) is 19. The Labute approximate surface area is 307 Å². The lowest BCUT2D eigenvalue weighted by Crippen LogP contribution is -2.45. The number of carbonyl (C=O) groups excluding carboxylic acids is 1. The summed E-state index contributed by atoms with van der Waals surface area (Å²) >= 11 is 0. The lowest BCUT2D eigenvalue weighted by atomic mass is 10.1. The van der Waals surface area contributed by atoms with Gasteiger partial charge >= 0.3 is 7.82 Å². The molecule has 3 atom stereocenters. The van der Waals surface area contributed by atoms with Crippen molar-refractivity contribution in [3.8, 4) is 0 Å². The number of hydrogen-bond acceptors (Lipinski definition) is 6. The van der Waals surface area contributed by atoms with E-state index in [0.717, 1.165) is 44.9 Å². The molecule has 0 aromatic rings. The fourth-order valence-corrected chi connectivity index (χ4v) is 6.29. The summed E-state index contributed by atoms with van der Waals surface area (Å²) in [5, 5.41) is 13.6. The minimum atomic E-state index is -4.34. The molecular formula is C41H77N2O6P. The minimum absolute atomic E-state index is 0.0718. The molecule has 8 nitrogen and oxygen atoms in total. The van der Waals surface area contributed by atoms with Gasteiger partial charge in [-0.05, 0) is 64.2 Å². The molecule has 5 N–H and O–H groups in total. The Hall–Kier alpha value is -1.54. The van der Waals surface area contributed by atoms with Crippen molar-refractivity contribution in [3.05, 3.63) is 48.6 Å². The molecule has 0 bridgehead atoms. The van der Waals surface area contributed by atoms with Crippen LogP contribution in [0.15, 0.2) is 48.6 Å². The summed E-state index contributed by atoms with van der Waals surface area (Å²) in [4.78, 5) is 22.6. The van der Waals surface area contributed by atoms with E-state index in [4.69, 9.17) is 14.8 Å². The number of nitrogens with two attached hydrogens (primary N) is 1. The molecular weight excluding hydrogens is 647 g/mol. The fourth-order valence-electron chi connectivity index (χ4n) is 5.53. The van der Waals surface area contributed by atoms with E-state index in [0.29, 0.717) is 6.42 Å². The van der Waals surface area contributed by atoms with Gasteiger partial charge in [0, 0.05) is 13.0 Å². The van der Waals surface area contributed by atoms with Crippen molar-refractivity contribution < 1.29 is 28.4 Å². The second kappa shape index (κ2) is 37.2. The van der Waals surface area contributed by atoms with Gasteiger partial charge in [0.05, 0.1) is 25.4 Å². The van der Waals surface area contributed by atoms with Crippen LogP contribution in [0.1, 0.15) is 174 Å². The van der Waals surface area contributed by atoms with Crippen molar-refractivity contribution in [2.75, 3.05) is 19.8 Å². The Bertz CT molecular complexity index is 923. The number of nitrogens with one attached hydrogen (secondary N) is 1. The summed E-state index contributed by atoms with van der Waals surface area (Å²) in [7, 11) is -4.34. The minimum Gasteiger partial charge on any atom is -0.387 e. The average Bonchev–Trinajstić information content (AvgIpc) is 3.10. The van der Waals surface area contributed by atoms with Gasteiger partial charge in [-0.1, -0.05) is 152 Å². The third-order valence-electron chi connectivity index (χ3n) is 8.63. The molecule has 1 amide bonds. The number of phosphoric ester groups is 1. The van der Waals surface area contributed by atoms with Gasteiger partial charge in [0.15, 0.2) is 0 Å². The van der Waals surface area contributed by atoms with E-state index >= 15 is 0 Å². The number of allylic oxidation sites excluding steroid dienone is 7. The van der Waals surface area contributed by atoms with Crippen LogP contribution < -0.4 is 11.1 Å². The van der Waals surface area contributed by atoms with Crippen molar-refractivity contribution in [3.63, 3.8) is 0 Å². The first kappa shape index (κ1) is 48.5. The molecule has 0 rings (SSSR count). The average molecular weight is 725 g/mol. The largest absolute Gasteiger partial charge is 0.472 e. The third kappa shape index (κ3) is 34.9. The van der Waals surface area contributed by atoms with E-state index in [2.05, 4.69) is 55.6 Å². The van der Waals surface area contributed by atoms with E-state index in [1.54, 1.807) is 6.08 Å². The summed E-state index contributed by atoms with van der Waals surface area (Å²) in [5.41, 5.74) is 5.36. The second-order valence-electron chi connectivity index (χ2n) is 13.5. The van der Waals surface area contributed by atoms with Crippen LogP contribution in [0.2, 0.25) is 0 Å². The van der Waals surface area contributed by atoms with Crippen LogP contribution >= 0.6 is 7.82 Å². The van der Waals surface area contributed by atoms with Crippen molar-refractivity contribution in [2.45, 2.75) is 187 Å². The zero-order valence-electron chi connectivity index (χ0n) is 32.1. The maximum Gasteiger partial charge on any atom is 0.472 e. The van der Waals surface area contributed by atoms with Crippen LogP contribution in [-0.2, 0) is 18.4 Å². The molecule has 0 aliphatic carbocycles. The van der Waals surface area contributed by atoms with Crippen molar-refractivity contribution in [1.82, 2.24) is 5.32 Å². The van der Waals surface area contributed by atoms with Crippen LogP contribution in [0.3, 0.4) is 0 Å². The molecule has 0 aromatic carbocycles. The molecule has 50 heavy (non-hydrogen) atoms. The smallest absolute Gasteiger partial charge is 0.387 e. The van der Waals surface area contributed by atoms with Crippen LogP contribution in [0, 0.1) is 0 Å². The first-order valence-corrected chi connectivity index (χ1v) is 21.8. The van der Waals surface area contributed by atoms with E-state index in [9.17, 15) is 19.4 Å². The van der Waals surface area contributed by atoms with Gasteiger partial charge in [0.25, 0.3) is 0 Å². The first-order chi connectivity index (χ1) is 24.4. The summed E-state index contributed by atoms with van der Waals surface area (Å²) in [6, 6.07) is -0.878. The molecule has 0 aliphatic heterocycles. The lowest BCUT2D eigenvalue weighted by molar-refractivity contribution is -0.123. The molecule has 0 fully saturated rings. The summed E-state index contributed by atoms with van der Waals surface area (Å²) in [5.74, 6) is -0.212. The topological polar surface area (TPSA) is 131 Å². The highest BCUT2D eigenvalue weighted by atomic mass is 31.2. The fraction of sp³-hybridized carbons (Fsp3) is 0.780. The number of aliphatic hydroxyl groups is 1. The summed E-state index contributed by atoms with van der Waals surface area (Å²) in [6.07, 6.45) is 44.4. The Morgan fingerprint density at radius 1 is 0.660 bits per heavy atom. The quantitative estimate of drug-likeness (QED) is 0.0285. The van der Waals surface area contributed by atoms with Crippen molar-refractivity contribution >= 4 is 13.7 Å². The number of hydrogen-bond donors (Lipinski definition) is 4. The van der Waals surface area contributed by atoms with Gasteiger partial charge in [-0.15, -0.1) is 0 Å². The van der Waals surface area contributed by atoms with E-state index < -0.39 is 20.0 Å². The molecule has 0 aromatic heterocycles. The highest BCUT2D eigenvalue weighted by Crippen LogP contribution is 2.43. The maximum atomic E-state index is 12.7. The predicted octanol–water partition coefficient (Wildman–Crippen LogP) is 10.9. The molecule has 3 unspecified atom stereocenters. The summed E-state index contributed by atoms with van der Waals surface area (Å²) in [6.45, 7) is 4.05. The van der Waals surface area contributed by atoms with Gasteiger partial charge in [0.2, 0.25) is 5.91 Å². The van der Waals surface area contributed by atoms with Gasteiger partial charge in [-0.2, -0.15) is 0 Å². The van der Waals surface area contributed by atoms with Crippen LogP contribution in [0.5, 0.6) is 0 Å². The van der Waals surface area contributed by atoms with E-state index in [1.807, 2.05) is 6.08 Å². The number of rotatable bonds is 37. The Morgan fingerprint density at radius 3 is 1.70 bits per heavy atom. The maximum absolute atomic E-state index is 12.7. The van der Waals surface area contributed by atoms with Gasteiger partial charge < -0.3 is 21.1 Å². The first-order valence-electron chi connectivity index (χ1n) is 20.3. The number of carbonyl (C=O) groups is 1. The van der Waals surface area contributed by atoms with Crippen LogP contribution in [-0.4, -0.2) is 47.8 Å². The highest BCUT2D eigenvalue weighted by Gasteiger charge is 2.26. The van der Waals surface area contributed by atoms with E-state index in [1.165, 1.54) is 109 Å². The lowest BCUT2D eigenvalue weighted by Gasteiger charge is -2.23. The van der Waals surface area contributed by atoms with Gasteiger partial charge in [-0.3, -0.25) is 13.8 Å². The van der Waals surface area contributed by atoms with Crippen LogP contribution in [0.4, 0.5) is 0 Å².